The van der Waals surface area contributed by atoms with Crippen molar-refractivity contribution in [3.63, 3.8) is 0 Å². The van der Waals surface area contributed by atoms with Crippen molar-refractivity contribution in [2.24, 2.45) is 0 Å². The molecule has 0 aliphatic carbocycles. The van der Waals surface area contributed by atoms with Gasteiger partial charge in [-0.05, 0) is 37.3 Å². The van der Waals surface area contributed by atoms with Crippen LogP contribution in [-0.2, 0) is 0 Å². The molecule has 0 saturated heterocycles. The number of phenolic OH excluding ortho intramolecular Hbond substituents is 1. The maximum absolute atomic E-state index is 12.0. The van der Waals surface area contributed by atoms with Gasteiger partial charge in [0, 0.05) is 5.69 Å². The first kappa shape index (κ1) is 12.4. The number of aryl methyl sites for hydroxylation is 1. The van der Waals surface area contributed by atoms with Gasteiger partial charge in [0.25, 0.3) is 5.91 Å². The van der Waals surface area contributed by atoms with Crippen LogP contribution in [0.1, 0.15) is 16.1 Å². The molecule has 4 nitrogen and oxygen atoms in total. The lowest BCUT2D eigenvalue weighted by Crippen LogP contribution is -2.13. The lowest BCUT2D eigenvalue weighted by atomic mass is 10.2. The van der Waals surface area contributed by atoms with Gasteiger partial charge in [-0.3, -0.25) is 4.79 Å². The van der Waals surface area contributed by atoms with Gasteiger partial charge in [-0.25, -0.2) is 4.98 Å². The summed E-state index contributed by atoms with van der Waals surface area (Å²) in [4.78, 5) is 16.1. The number of hydrogen-bond donors (Lipinski definition) is 2. The second kappa shape index (κ2) is 5.06. The van der Waals surface area contributed by atoms with Crippen molar-refractivity contribution in [3.8, 4) is 5.75 Å². The van der Waals surface area contributed by atoms with E-state index in [0.717, 1.165) is 5.69 Å². The highest BCUT2D eigenvalue weighted by Crippen LogP contribution is 2.22. The van der Waals surface area contributed by atoms with Crippen LogP contribution in [0.25, 0.3) is 0 Å². The topological polar surface area (TPSA) is 62.2 Å². The third kappa shape index (κ3) is 2.78. The van der Waals surface area contributed by atoms with Gasteiger partial charge < -0.3 is 10.4 Å². The van der Waals surface area contributed by atoms with Crippen molar-refractivity contribution < 1.29 is 9.90 Å². The molecule has 0 saturated carbocycles. The maximum Gasteiger partial charge on any atom is 0.258 e. The molecule has 0 unspecified atom stereocenters. The molecule has 1 aromatic heterocycles. The number of anilines is 1. The van der Waals surface area contributed by atoms with E-state index in [-0.39, 0.29) is 16.3 Å². The van der Waals surface area contributed by atoms with Crippen LogP contribution in [0.3, 0.4) is 0 Å². The summed E-state index contributed by atoms with van der Waals surface area (Å²) in [7, 11) is 0. The first-order valence-electron chi connectivity index (χ1n) is 5.30. The predicted molar refractivity (Wildman–Crippen MR) is 70.0 cm³/mol. The Labute approximate surface area is 109 Å². The quantitative estimate of drug-likeness (QED) is 0.875. The Hall–Kier alpha value is -2.07. The Kier molecular flexibility index (Phi) is 3.48. The summed E-state index contributed by atoms with van der Waals surface area (Å²) in [6.45, 7) is 1.83. The molecular formula is C13H11ClN2O2. The van der Waals surface area contributed by atoms with Crippen LogP contribution in [-0.4, -0.2) is 16.0 Å². The number of aromatic nitrogens is 1. The number of carbonyl (C=O) groups is 1. The molecule has 0 aliphatic rings. The lowest BCUT2D eigenvalue weighted by Gasteiger charge is -2.07. The summed E-state index contributed by atoms with van der Waals surface area (Å²) in [5.74, 6) is 0.0233. The Morgan fingerprint density at radius 3 is 2.83 bits per heavy atom. The molecule has 18 heavy (non-hydrogen) atoms. The minimum atomic E-state index is -0.408. The smallest absolute Gasteiger partial charge is 0.258 e. The van der Waals surface area contributed by atoms with Gasteiger partial charge in [-0.1, -0.05) is 17.7 Å². The number of carbonyl (C=O) groups excluding carboxylic acids is 1. The zero-order chi connectivity index (χ0) is 13.1. The van der Waals surface area contributed by atoms with Gasteiger partial charge in [0.05, 0.1) is 10.6 Å². The van der Waals surface area contributed by atoms with Crippen molar-refractivity contribution in [2.75, 3.05) is 5.32 Å². The normalized spacial score (nSPS) is 10.1. The average molecular weight is 263 g/mol. The number of nitrogens with zero attached hydrogens (tertiary/aromatic N) is 1. The van der Waals surface area contributed by atoms with Crippen LogP contribution in [0.2, 0.25) is 5.02 Å². The van der Waals surface area contributed by atoms with Crippen molar-refractivity contribution in [2.45, 2.75) is 6.92 Å². The van der Waals surface area contributed by atoms with Crippen molar-refractivity contribution in [1.29, 1.82) is 0 Å². The number of nitrogens with one attached hydrogen (secondary N) is 1. The largest absolute Gasteiger partial charge is 0.508 e. The van der Waals surface area contributed by atoms with Crippen LogP contribution in [0, 0.1) is 6.92 Å². The lowest BCUT2D eigenvalue weighted by molar-refractivity contribution is 0.102. The van der Waals surface area contributed by atoms with Crippen molar-refractivity contribution in [3.05, 3.63) is 52.7 Å². The minimum Gasteiger partial charge on any atom is -0.508 e. The minimum absolute atomic E-state index is 0.0123. The highest BCUT2D eigenvalue weighted by Gasteiger charge is 2.11. The van der Waals surface area contributed by atoms with Gasteiger partial charge >= 0.3 is 0 Å². The van der Waals surface area contributed by atoms with Crippen LogP contribution in [0.4, 0.5) is 5.82 Å². The number of benzene rings is 1. The molecule has 1 amide bonds. The van der Waals surface area contributed by atoms with E-state index in [1.54, 1.807) is 12.1 Å². The standard InChI is InChI=1S/C13H11ClN2O2/c1-8-3-2-4-12(15-8)16-13(18)10-7-9(17)5-6-11(10)14/h2-7,17H,1H3,(H,15,16,18). The van der Waals surface area contributed by atoms with E-state index in [1.165, 1.54) is 18.2 Å². The summed E-state index contributed by atoms with van der Waals surface area (Å²) in [6.07, 6.45) is 0. The fourth-order valence-corrected chi connectivity index (χ4v) is 1.69. The molecule has 0 bridgehead atoms. The fourth-order valence-electron chi connectivity index (χ4n) is 1.48. The van der Waals surface area contributed by atoms with Gasteiger partial charge in [-0.2, -0.15) is 0 Å². The van der Waals surface area contributed by atoms with E-state index < -0.39 is 5.91 Å². The maximum atomic E-state index is 12.0. The van der Waals surface area contributed by atoms with Crippen LogP contribution in [0.5, 0.6) is 5.75 Å². The predicted octanol–water partition coefficient (Wildman–Crippen LogP) is 3.00. The van der Waals surface area contributed by atoms with Gasteiger partial charge in [0.15, 0.2) is 0 Å². The molecule has 2 rings (SSSR count). The van der Waals surface area contributed by atoms with Crippen LogP contribution in [0.15, 0.2) is 36.4 Å². The van der Waals surface area contributed by atoms with E-state index in [0.29, 0.717) is 5.82 Å². The summed E-state index contributed by atoms with van der Waals surface area (Å²) >= 11 is 5.90. The molecule has 1 heterocycles. The first-order chi connectivity index (χ1) is 8.56. The fraction of sp³-hybridized carbons (Fsp3) is 0.0769. The number of phenols is 1. The SMILES string of the molecule is Cc1cccc(NC(=O)c2cc(O)ccc2Cl)n1. The molecule has 0 radical (unpaired) electrons. The first-order valence-corrected chi connectivity index (χ1v) is 5.67. The molecule has 0 spiro atoms. The molecule has 0 fully saturated rings. The van der Waals surface area contributed by atoms with Gasteiger partial charge in [0.2, 0.25) is 0 Å². The highest BCUT2D eigenvalue weighted by atomic mass is 35.5. The Morgan fingerprint density at radius 1 is 1.33 bits per heavy atom. The summed E-state index contributed by atoms with van der Waals surface area (Å²) in [5.41, 5.74) is 1.01. The zero-order valence-corrected chi connectivity index (χ0v) is 10.4. The molecule has 0 aliphatic heterocycles. The number of halogens is 1. The molecule has 2 N–H and O–H groups in total. The number of rotatable bonds is 2. The second-order valence-electron chi connectivity index (χ2n) is 3.78. The number of aromatic hydroxyl groups is 1. The van der Waals surface area contributed by atoms with Gasteiger partial charge in [0.1, 0.15) is 11.6 Å². The monoisotopic (exact) mass is 262 g/mol. The zero-order valence-electron chi connectivity index (χ0n) is 9.64. The average Bonchev–Trinajstić information content (AvgIpc) is 2.32. The van der Waals surface area contributed by atoms with Crippen molar-refractivity contribution >= 4 is 23.3 Å². The molecule has 1 aromatic carbocycles. The van der Waals surface area contributed by atoms with Crippen LogP contribution >= 0.6 is 11.6 Å². The Morgan fingerprint density at radius 2 is 2.11 bits per heavy atom. The summed E-state index contributed by atoms with van der Waals surface area (Å²) < 4.78 is 0. The van der Waals surface area contributed by atoms with E-state index in [2.05, 4.69) is 10.3 Å². The van der Waals surface area contributed by atoms with Gasteiger partial charge in [-0.15, -0.1) is 0 Å². The third-order valence-corrected chi connectivity index (χ3v) is 2.65. The summed E-state index contributed by atoms with van der Waals surface area (Å²) in [6, 6.07) is 9.51. The van der Waals surface area contributed by atoms with Crippen molar-refractivity contribution in [1.82, 2.24) is 4.98 Å². The number of amides is 1. The van der Waals surface area contributed by atoms with Crippen LogP contribution < -0.4 is 5.32 Å². The molecule has 2 aromatic rings. The molecular weight excluding hydrogens is 252 g/mol. The second-order valence-corrected chi connectivity index (χ2v) is 4.19. The van der Waals surface area contributed by atoms with E-state index in [4.69, 9.17) is 11.6 Å². The molecule has 0 atom stereocenters. The third-order valence-electron chi connectivity index (χ3n) is 2.32. The van der Waals surface area contributed by atoms with E-state index in [1.807, 2.05) is 13.0 Å². The number of hydrogen-bond acceptors (Lipinski definition) is 3. The summed E-state index contributed by atoms with van der Waals surface area (Å²) in [5, 5.41) is 12.2. The van der Waals surface area contributed by atoms with E-state index in [9.17, 15) is 9.90 Å². The highest BCUT2D eigenvalue weighted by molar-refractivity contribution is 6.34. The van der Waals surface area contributed by atoms with E-state index >= 15 is 0 Å². The number of pyridine rings is 1. The Bertz CT molecular complexity index is 599. The molecule has 92 valence electrons. The Balaban J connectivity index is 2.24. The molecule has 5 heteroatoms.